The lowest BCUT2D eigenvalue weighted by molar-refractivity contribution is -0.137. The van der Waals surface area contributed by atoms with Gasteiger partial charge in [0.1, 0.15) is 0 Å². The van der Waals surface area contributed by atoms with E-state index in [9.17, 15) is 0 Å². The molecule has 9 aromatic carbocycles. The molecule has 0 atom stereocenters. The maximum atomic E-state index is 15.6. The van der Waals surface area contributed by atoms with Gasteiger partial charge in [0.15, 0.2) is 5.82 Å². The van der Waals surface area contributed by atoms with Crippen LogP contribution in [-0.2, 0) is 12.4 Å². The summed E-state index contributed by atoms with van der Waals surface area (Å²) in [5.74, 6) is 0.331. The lowest BCUT2D eigenvalue weighted by Gasteiger charge is -2.24. The molecule has 11 aromatic rings. The van der Waals surface area contributed by atoms with Gasteiger partial charge in [-0.05, 0) is 116 Å². The van der Waals surface area contributed by atoms with Crippen LogP contribution in [-0.4, -0.2) is 14.5 Å². The van der Waals surface area contributed by atoms with E-state index in [4.69, 9.17) is 9.97 Å². The zero-order valence-electron chi connectivity index (χ0n) is 40.2. The second-order valence-electron chi connectivity index (χ2n) is 18.8. The van der Waals surface area contributed by atoms with Crippen molar-refractivity contribution in [1.82, 2.24) is 14.5 Å². The third-order valence-corrected chi connectivity index (χ3v) is 13.4. The normalized spacial score (nSPS) is 12.0. The number of aryl methyl sites for hydroxylation is 4. The molecule has 358 valence electrons. The fourth-order valence-corrected chi connectivity index (χ4v) is 10.3. The Hall–Kier alpha value is -8.56. The van der Waals surface area contributed by atoms with Crippen molar-refractivity contribution in [2.24, 2.45) is 0 Å². The summed E-state index contributed by atoms with van der Waals surface area (Å²) in [4.78, 5) is 9.99. The van der Waals surface area contributed by atoms with Gasteiger partial charge in [0, 0.05) is 38.6 Å². The highest BCUT2D eigenvalue weighted by Crippen LogP contribution is 2.50. The highest BCUT2D eigenvalue weighted by Gasteiger charge is 2.37. The minimum absolute atomic E-state index is 0.0501. The summed E-state index contributed by atoms with van der Waals surface area (Å²) in [5.41, 5.74) is 9.67. The molecule has 0 N–H and O–H groups in total. The van der Waals surface area contributed by atoms with Crippen LogP contribution in [0, 0.1) is 27.7 Å². The van der Waals surface area contributed by atoms with E-state index in [0.29, 0.717) is 33.8 Å². The van der Waals surface area contributed by atoms with Crippen molar-refractivity contribution in [3.05, 3.63) is 234 Å². The molecule has 0 radical (unpaired) electrons. The highest BCUT2D eigenvalue weighted by atomic mass is 19.4. The number of benzene rings is 9. The highest BCUT2D eigenvalue weighted by molar-refractivity contribution is 6.13. The van der Waals surface area contributed by atoms with Gasteiger partial charge < -0.3 is 4.57 Å². The van der Waals surface area contributed by atoms with Crippen molar-refractivity contribution in [1.29, 1.82) is 0 Å². The number of hydrogen-bond acceptors (Lipinski definition) is 2. The van der Waals surface area contributed by atoms with Crippen LogP contribution in [0.25, 0.3) is 106 Å². The quantitative estimate of drug-likeness (QED) is 0.142. The third-order valence-electron chi connectivity index (χ3n) is 13.4. The van der Waals surface area contributed by atoms with Crippen molar-refractivity contribution >= 4 is 21.8 Å². The second-order valence-corrected chi connectivity index (χ2v) is 18.8. The second kappa shape index (κ2) is 18.2. The molecule has 11 rings (SSSR count). The fraction of sp³-hybridized carbons (Fsp3) is 0.0938. The summed E-state index contributed by atoms with van der Waals surface area (Å²) in [6.45, 7) is 8.14. The Labute approximate surface area is 418 Å². The van der Waals surface area contributed by atoms with Crippen LogP contribution in [0.15, 0.2) is 200 Å². The number of halogens is 6. The maximum absolute atomic E-state index is 15.6. The van der Waals surface area contributed by atoms with E-state index < -0.39 is 23.5 Å². The van der Waals surface area contributed by atoms with E-state index in [2.05, 4.69) is 48.5 Å². The van der Waals surface area contributed by atoms with Gasteiger partial charge in [0.25, 0.3) is 0 Å². The summed E-state index contributed by atoms with van der Waals surface area (Å²) in [6, 6.07) is 58.7. The van der Waals surface area contributed by atoms with E-state index in [-0.39, 0.29) is 33.5 Å². The first kappa shape index (κ1) is 46.8. The average Bonchev–Trinajstić information content (AvgIpc) is 3.70. The molecular formula is C64H45F6N3. The van der Waals surface area contributed by atoms with E-state index >= 15 is 26.3 Å². The predicted molar refractivity (Wildman–Crippen MR) is 283 cm³/mol. The van der Waals surface area contributed by atoms with Crippen LogP contribution >= 0.6 is 0 Å². The van der Waals surface area contributed by atoms with Crippen molar-refractivity contribution in [3.8, 4) is 84.1 Å². The van der Waals surface area contributed by atoms with Gasteiger partial charge in [-0.15, -0.1) is 0 Å². The van der Waals surface area contributed by atoms with Crippen molar-refractivity contribution in [2.75, 3.05) is 0 Å². The van der Waals surface area contributed by atoms with Gasteiger partial charge in [-0.25, -0.2) is 9.97 Å². The Kier molecular flexibility index (Phi) is 11.7. The monoisotopic (exact) mass is 969 g/mol. The molecular weight excluding hydrogens is 925 g/mol. The smallest absolute Gasteiger partial charge is 0.308 e. The largest absolute Gasteiger partial charge is 0.417 e. The topological polar surface area (TPSA) is 30.7 Å². The molecule has 0 amide bonds. The molecule has 9 heteroatoms. The summed E-state index contributed by atoms with van der Waals surface area (Å²) < 4.78 is 95.5. The Balaban J connectivity index is 1.31. The zero-order chi connectivity index (χ0) is 50.8. The number of fused-ring (bicyclic) bond motifs is 3. The molecule has 3 nitrogen and oxygen atoms in total. The van der Waals surface area contributed by atoms with Crippen LogP contribution < -0.4 is 0 Å². The molecule has 0 saturated heterocycles. The summed E-state index contributed by atoms with van der Waals surface area (Å²) in [5, 5.41) is 1.53. The minimum atomic E-state index is -4.85. The molecule has 0 saturated carbocycles. The van der Waals surface area contributed by atoms with Crippen molar-refractivity contribution in [2.45, 2.75) is 40.0 Å². The molecule has 0 aliphatic heterocycles. The standard InChI is InChI=1S/C64H45F6N3/c1-38-27-39(2)30-46(29-38)44-23-25-59-51(33-44)52-34-45(47-31-40(3)28-41(4)32-47)24-26-60(52)73(59)61-53(49-19-11-13-21-55(49)63(65,66)67)35-48(36-54(61)50-20-12-14-22-56(50)64(68,69)70)58-37-57(42-15-7-5-8-16-42)71-62(72-58)43-17-9-6-10-18-43/h5-37H,1-4H3. The molecule has 2 aromatic heterocycles. The number of alkyl halides is 6. The Bertz CT molecular complexity index is 3640. The first-order valence-corrected chi connectivity index (χ1v) is 23.8. The lowest BCUT2D eigenvalue weighted by Crippen LogP contribution is -2.11. The van der Waals surface area contributed by atoms with E-state index in [0.717, 1.165) is 73.0 Å². The molecule has 2 heterocycles. The van der Waals surface area contributed by atoms with Crippen LogP contribution in [0.2, 0.25) is 0 Å². The Morgan fingerprint density at radius 3 is 1.16 bits per heavy atom. The van der Waals surface area contributed by atoms with Gasteiger partial charge in [-0.1, -0.05) is 168 Å². The van der Waals surface area contributed by atoms with Gasteiger partial charge >= 0.3 is 12.4 Å². The number of nitrogens with zero attached hydrogens (tertiary/aromatic N) is 3. The minimum Gasteiger partial charge on any atom is -0.308 e. The van der Waals surface area contributed by atoms with Gasteiger partial charge in [0.2, 0.25) is 0 Å². The van der Waals surface area contributed by atoms with Crippen molar-refractivity contribution in [3.63, 3.8) is 0 Å². The van der Waals surface area contributed by atoms with E-state index in [1.807, 2.05) is 117 Å². The maximum Gasteiger partial charge on any atom is 0.417 e. The SMILES string of the molecule is Cc1cc(C)cc(-c2ccc3c(c2)c2cc(-c4cc(C)cc(C)c4)ccc2n3-c2c(-c3ccccc3C(F)(F)F)cc(-c3cc(-c4ccccc4)nc(-c4ccccc4)n3)cc2-c2ccccc2C(F)(F)F)c1. The van der Waals surface area contributed by atoms with Crippen LogP contribution in [0.4, 0.5) is 26.3 Å². The lowest BCUT2D eigenvalue weighted by atomic mass is 9.88. The molecule has 73 heavy (non-hydrogen) atoms. The Morgan fingerprint density at radius 1 is 0.329 bits per heavy atom. The molecule has 0 bridgehead atoms. The molecule has 0 unspecified atom stereocenters. The number of hydrogen-bond donors (Lipinski definition) is 0. The molecule has 0 aliphatic carbocycles. The third kappa shape index (κ3) is 8.96. The Morgan fingerprint density at radius 2 is 0.726 bits per heavy atom. The van der Waals surface area contributed by atoms with E-state index in [1.165, 1.54) is 36.4 Å². The van der Waals surface area contributed by atoms with Crippen LogP contribution in [0.3, 0.4) is 0 Å². The first-order valence-electron chi connectivity index (χ1n) is 23.8. The number of rotatable bonds is 8. The average molecular weight is 970 g/mol. The van der Waals surface area contributed by atoms with Gasteiger partial charge in [-0.2, -0.15) is 26.3 Å². The van der Waals surface area contributed by atoms with E-state index in [1.54, 1.807) is 18.2 Å². The van der Waals surface area contributed by atoms with Crippen molar-refractivity contribution < 1.29 is 26.3 Å². The van der Waals surface area contributed by atoms with Crippen LogP contribution in [0.5, 0.6) is 0 Å². The molecule has 0 aliphatic rings. The summed E-state index contributed by atoms with van der Waals surface area (Å²) in [6.07, 6.45) is -9.71. The summed E-state index contributed by atoms with van der Waals surface area (Å²) in [7, 11) is 0. The molecule has 0 fully saturated rings. The number of aromatic nitrogens is 3. The molecule has 0 spiro atoms. The first-order chi connectivity index (χ1) is 35.1. The zero-order valence-corrected chi connectivity index (χ0v) is 40.2. The predicted octanol–water partition coefficient (Wildman–Crippen LogP) is 18.5. The van der Waals surface area contributed by atoms with Gasteiger partial charge in [-0.3, -0.25) is 0 Å². The van der Waals surface area contributed by atoms with Crippen LogP contribution in [0.1, 0.15) is 33.4 Å². The van der Waals surface area contributed by atoms with Gasteiger partial charge in [0.05, 0.1) is 39.2 Å². The summed E-state index contributed by atoms with van der Waals surface area (Å²) >= 11 is 0. The fourth-order valence-electron chi connectivity index (χ4n) is 10.3.